The fourth-order valence-electron chi connectivity index (χ4n) is 3.80. The average molecular weight is 466 g/mol. The van der Waals surface area contributed by atoms with Gasteiger partial charge in [-0.05, 0) is 18.6 Å². The molecule has 0 spiro atoms. The van der Waals surface area contributed by atoms with Crippen molar-refractivity contribution in [3.8, 4) is 0 Å². The van der Waals surface area contributed by atoms with Gasteiger partial charge in [0.15, 0.2) is 0 Å². The summed E-state index contributed by atoms with van der Waals surface area (Å²) >= 11 is 0. The number of nitro benzene ring substituents is 1. The standard InChI is InChI=1S/C21H27N5O5.ClH/c1-2-3-4-5-10-25-20(28)17(19(27)23-21(25)29)14-15-13-16(26(30)31)6-7-18(15)24-11-8-22-9-12-24;/h6-7,13-14,22H,2-5,8-12H2,1H3,(H,23,27,29);1H/b17-14-;. The maximum atomic E-state index is 12.9. The van der Waals surface area contributed by atoms with Gasteiger partial charge in [0.1, 0.15) is 5.57 Å². The zero-order valence-electron chi connectivity index (χ0n) is 18.0. The minimum Gasteiger partial charge on any atom is -1.00 e. The van der Waals surface area contributed by atoms with Crippen LogP contribution in [-0.4, -0.2) is 60.4 Å². The highest BCUT2D eigenvalue weighted by molar-refractivity contribution is 6.31. The Kier molecular flexibility index (Phi) is 9.15. The van der Waals surface area contributed by atoms with Crippen molar-refractivity contribution in [1.29, 1.82) is 0 Å². The monoisotopic (exact) mass is 465 g/mol. The first-order valence-electron chi connectivity index (χ1n) is 10.7. The summed E-state index contributed by atoms with van der Waals surface area (Å²) in [6, 6.07) is 3.70. The quantitative estimate of drug-likeness (QED) is 0.150. The molecule has 0 radical (unpaired) electrons. The van der Waals surface area contributed by atoms with Gasteiger partial charge in [0, 0.05) is 29.9 Å². The molecule has 1 aromatic carbocycles. The third-order valence-electron chi connectivity index (χ3n) is 5.49. The lowest BCUT2D eigenvalue weighted by Crippen LogP contribution is -3.00. The molecule has 2 saturated heterocycles. The van der Waals surface area contributed by atoms with Gasteiger partial charge in [-0.1, -0.05) is 26.2 Å². The van der Waals surface area contributed by atoms with Gasteiger partial charge >= 0.3 is 6.03 Å². The Balaban J connectivity index is 0.00000363. The number of quaternary nitrogens is 1. The number of amides is 4. The number of hydrogen-bond acceptors (Lipinski definition) is 6. The van der Waals surface area contributed by atoms with E-state index >= 15 is 0 Å². The Labute approximate surface area is 192 Å². The lowest BCUT2D eigenvalue weighted by molar-refractivity contribution is -0.655. The predicted molar refractivity (Wildman–Crippen MR) is 114 cm³/mol. The molecule has 174 valence electrons. The fourth-order valence-corrected chi connectivity index (χ4v) is 3.80. The molecule has 2 heterocycles. The second-order valence-corrected chi connectivity index (χ2v) is 7.69. The molecule has 3 rings (SSSR count). The van der Waals surface area contributed by atoms with E-state index < -0.39 is 22.8 Å². The Morgan fingerprint density at radius 3 is 2.53 bits per heavy atom. The number of benzene rings is 1. The van der Waals surface area contributed by atoms with Crippen molar-refractivity contribution in [2.75, 3.05) is 37.6 Å². The van der Waals surface area contributed by atoms with Crippen LogP contribution in [0.3, 0.4) is 0 Å². The van der Waals surface area contributed by atoms with Crippen LogP contribution in [0.2, 0.25) is 0 Å². The number of nitrogens with one attached hydrogen (secondary N) is 1. The SMILES string of the molecule is CCCCCCN1C(=O)NC(=O)/C(=C/c2cc([N+](=O)[O-])ccc2N2CC[NH2+]CC2)C1=O.[Cl-]. The lowest BCUT2D eigenvalue weighted by atomic mass is 10.0. The van der Waals surface area contributed by atoms with E-state index in [1.165, 1.54) is 18.2 Å². The normalized spacial score (nSPS) is 17.9. The highest BCUT2D eigenvalue weighted by Gasteiger charge is 2.35. The van der Waals surface area contributed by atoms with Crippen LogP contribution in [0.1, 0.15) is 38.2 Å². The van der Waals surface area contributed by atoms with Crippen LogP contribution in [0, 0.1) is 10.1 Å². The number of rotatable bonds is 8. The van der Waals surface area contributed by atoms with Crippen LogP contribution >= 0.6 is 0 Å². The Morgan fingerprint density at radius 1 is 1.16 bits per heavy atom. The van der Waals surface area contributed by atoms with Gasteiger partial charge in [-0.25, -0.2) is 4.79 Å². The molecule has 1 aromatic rings. The number of anilines is 1. The number of nitro groups is 1. The summed E-state index contributed by atoms with van der Waals surface area (Å²) in [4.78, 5) is 51.5. The number of carbonyl (C=O) groups is 3. The molecule has 10 nitrogen and oxygen atoms in total. The van der Waals surface area contributed by atoms with Gasteiger partial charge in [0.25, 0.3) is 17.5 Å². The summed E-state index contributed by atoms with van der Waals surface area (Å²) in [6.45, 7) is 5.54. The Bertz CT molecular complexity index is 914. The smallest absolute Gasteiger partial charge is 0.331 e. The van der Waals surface area contributed by atoms with Crippen molar-refractivity contribution in [2.24, 2.45) is 0 Å². The van der Waals surface area contributed by atoms with Crippen molar-refractivity contribution >= 4 is 35.3 Å². The summed E-state index contributed by atoms with van der Waals surface area (Å²) in [5.41, 5.74) is 0.809. The molecule has 0 bridgehead atoms. The van der Waals surface area contributed by atoms with Crippen LogP contribution in [0.5, 0.6) is 0 Å². The molecular formula is C21H28ClN5O5. The average Bonchev–Trinajstić information content (AvgIpc) is 2.76. The summed E-state index contributed by atoms with van der Waals surface area (Å²) in [5, 5.41) is 15.7. The largest absolute Gasteiger partial charge is 1.00 e. The lowest BCUT2D eigenvalue weighted by Gasteiger charge is -2.29. The molecule has 0 aliphatic carbocycles. The van der Waals surface area contributed by atoms with Crippen LogP contribution in [0.15, 0.2) is 23.8 Å². The van der Waals surface area contributed by atoms with E-state index in [1.807, 2.05) is 0 Å². The predicted octanol–water partition coefficient (Wildman–Crippen LogP) is -1.98. The third kappa shape index (κ3) is 5.83. The van der Waals surface area contributed by atoms with Crippen molar-refractivity contribution in [3.05, 3.63) is 39.4 Å². The van der Waals surface area contributed by atoms with Gasteiger partial charge in [-0.15, -0.1) is 0 Å². The highest BCUT2D eigenvalue weighted by Crippen LogP contribution is 2.29. The molecule has 0 saturated carbocycles. The number of halogens is 1. The maximum Gasteiger partial charge on any atom is 0.331 e. The number of unbranched alkanes of at least 4 members (excludes halogenated alkanes) is 3. The number of barbiturate groups is 1. The molecule has 4 amide bonds. The second-order valence-electron chi connectivity index (χ2n) is 7.69. The van der Waals surface area contributed by atoms with E-state index in [-0.39, 0.29) is 30.2 Å². The van der Waals surface area contributed by atoms with Gasteiger partial charge in [0.2, 0.25) is 0 Å². The first kappa shape index (κ1) is 25.3. The molecule has 2 aliphatic rings. The molecule has 32 heavy (non-hydrogen) atoms. The van der Waals surface area contributed by atoms with Crippen molar-refractivity contribution in [1.82, 2.24) is 10.2 Å². The van der Waals surface area contributed by atoms with Gasteiger partial charge in [-0.2, -0.15) is 0 Å². The molecule has 11 heteroatoms. The van der Waals surface area contributed by atoms with E-state index in [9.17, 15) is 24.5 Å². The first-order chi connectivity index (χ1) is 14.9. The Hall–Kier alpha value is -2.98. The molecule has 0 atom stereocenters. The van der Waals surface area contributed by atoms with Crippen molar-refractivity contribution < 1.29 is 37.0 Å². The van der Waals surface area contributed by atoms with Gasteiger partial charge in [-0.3, -0.25) is 29.9 Å². The summed E-state index contributed by atoms with van der Waals surface area (Å²) in [5.74, 6) is -1.46. The highest BCUT2D eigenvalue weighted by atomic mass is 35.5. The number of carbonyl (C=O) groups excluding carboxylic acids is 3. The number of nitrogens with zero attached hydrogens (tertiary/aromatic N) is 3. The molecule has 2 fully saturated rings. The molecule has 2 aliphatic heterocycles. The maximum absolute atomic E-state index is 12.9. The van der Waals surface area contributed by atoms with Crippen molar-refractivity contribution in [2.45, 2.75) is 32.6 Å². The van der Waals surface area contributed by atoms with Gasteiger partial charge < -0.3 is 22.6 Å². The zero-order chi connectivity index (χ0) is 22.4. The van der Waals surface area contributed by atoms with Crippen LogP contribution < -0.4 is 27.9 Å². The summed E-state index contributed by atoms with van der Waals surface area (Å²) in [7, 11) is 0. The summed E-state index contributed by atoms with van der Waals surface area (Å²) < 4.78 is 0. The number of hydrogen-bond donors (Lipinski definition) is 2. The number of urea groups is 1. The topological polar surface area (TPSA) is 129 Å². The fraction of sp³-hybridized carbons (Fsp3) is 0.476. The van der Waals surface area contributed by atoms with E-state index in [2.05, 4.69) is 22.5 Å². The number of non-ortho nitro benzene ring substituents is 1. The number of piperazine rings is 1. The van der Waals surface area contributed by atoms with E-state index in [4.69, 9.17) is 0 Å². The van der Waals surface area contributed by atoms with E-state index in [1.54, 1.807) is 6.07 Å². The molecular weight excluding hydrogens is 438 g/mol. The van der Waals surface area contributed by atoms with E-state index in [0.717, 1.165) is 56.0 Å². The minimum atomic E-state index is -0.788. The van der Waals surface area contributed by atoms with Crippen LogP contribution in [0.25, 0.3) is 6.08 Å². The first-order valence-corrected chi connectivity index (χ1v) is 10.7. The van der Waals surface area contributed by atoms with E-state index in [0.29, 0.717) is 12.0 Å². The third-order valence-corrected chi connectivity index (χ3v) is 5.49. The molecule has 0 unspecified atom stereocenters. The zero-order valence-corrected chi connectivity index (χ0v) is 18.8. The van der Waals surface area contributed by atoms with Gasteiger partial charge in [0.05, 0.1) is 31.1 Å². The van der Waals surface area contributed by atoms with Crippen LogP contribution in [0.4, 0.5) is 16.2 Å². The minimum absolute atomic E-state index is 0. The Morgan fingerprint density at radius 2 is 1.88 bits per heavy atom. The van der Waals surface area contributed by atoms with Crippen molar-refractivity contribution in [3.63, 3.8) is 0 Å². The summed E-state index contributed by atoms with van der Waals surface area (Å²) in [6.07, 6.45) is 4.91. The number of imide groups is 2. The second kappa shape index (κ2) is 11.6. The molecule has 3 N–H and O–H groups in total. The van der Waals surface area contributed by atoms with Crippen LogP contribution in [-0.2, 0) is 9.59 Å². The number of nitrogens with two attached hydrogens (primary N) is 1. The molecule has 0 aromatic heterocycles.